The molecule has 19 heavy (non-hydrogen) atoms. The van der Waals surface area contributed by atoms with Crippen molar-refractivity contribution in [3.05, 3.63) is 17.0 Å². The van der Waals surface area contributed by atoms with Gasteiger partial charge in [-0.25, -0.2) is 4.98 Å². The highest BCUT2D eigenvalue weighted by Gasteiger charge is 2.35. The Kier molecular flexibility index (Phi) is 4.98. The van der Waals surface area contributed by atoms with Crippen molar-refractivity contribution in [3.8, 4) is 5.88 Å². The molecule has 0 aliphatic heterocycles. The molecule has 0 radical (unpaired) electrons. The standard InChI is InChI=1S/C11H14ClF3N2O2/c1-10(2,18-3)4-5-19-8-6-7(12)16-9(17-8)11(13,14)15/h6H,4-5H2,1-3H3. The van der Waals surface area contributed by atoms with E-state index >= 15 is 0 Å². The first-order valence-electron chi connectivity index (χ1n) is 5.44. The van der Waals surface area contributed by atoms with Crippen molar-refractivity contribution in [2.75, 3.05) is 13.7 Å². The smallest absolute Gasteiger partial charge is 0.451 e. The molecule has 108 valence electrons. The molecule has 0 aromatic carbocycles. The van der Waals surface area contributed by atoms with Crippen molar-refractivity contribution in [1.29, 1.82) is 0 Å². The lowest BCUT2D eigenvalue weighted by Crippen LogP contribution is -2.25. The molecule has 0 spiro atoms. The van der Waals surface area contributed by atoms with Gasteiger partial charge in [0.15, 0.2) is 0 Å². The third kappa shape index (κ3) is 5.20. The van der Waals surface area contributed by atoms with Crippen molar-refractivity contribution >= 4 is 11.6 Å². The van der Waals surface area contributed by atoms with E-state index < -0.39 is 17.6 Å². The Hall–Kier alpha value is -1.08. The third-order valence-electron chi connectivity index (χ3n) is 2.43. The Morgan fingerprint density at radius 1 is 1.26 bits per heavy atom. The first-order valence-corrected chi connectivity index (χ1v) is 5.81. The summed E-state index contributed by atoms with van der Waals surface area (Å²) in [6.45, 7) is 3.83. The fourth-order valence-electron chi connectivity index (χ4n) is 1.10. The number of methoxy groups -OCH3 is 1. The number of halogens is 4. The van der Waals surface area contributed by atoms with Crippen molar-refractivity contribution in [1.82, 2.24) is 9.97 Å². The van der Waals surface area contributed by atoms with Gasteiger partial charge in [0, 0.05) is 19.6 Å². The summed E-state index contributed by atoms with van der Waals surface area (Å²) in [6, 6.07) is 1.14. The van der Waals surface area contributed by atoms with E-state index in [0.29, 0.717) is 6.42 Å². The van der Waals surface area contributed by atoms with Crippen LogP contribution in [0.1, 0.15) is 26.1 Å². The molecule has 1 aromatic rings. The Balaban J connectivity index is 2.72. The molecule has 0 unspecified atom stereocenters. The van der Waals surface area contributed by atoms with E-state index in [9.17, 15) is 13.2 Å². The summed E-state index contributed by atoms with van der Waals surface area (Å²) >= 11 is 5.50. The molecule has 0 N–H and O–H groups in total. The average Bonchev–Trinajstić information content (AvgIpc) is 2.27. The summed E-state index contributed by atoms with van der Waals surface area (Å²) in [4.78, 5) is 6.37. The highest BCUT2D eigenvalue weighted by Crippen LogP contribution is 2.28. The lowest BCUT2D eigenvalue weighted by molar-refractivity contribution is -0.145. The van der Waals surface area contributed by atoms with Gasteiger partial charge in [0.25, 0.3) is 0 Å². The Labute approximate surface area is 113 Å². The molecule has 1 rings (SSSR count). The zero-order valence-electron chi connectivity index (χ0n) is 10.7. The second-order valence-corrected chi connectivity index (χ2v) is 4.80. The van der Waals surface area contributed by atoms with Crippen LogP contribution in [0.2, 0.25) is 5.15 Å². The normalized spacial score (nSPS) is 12.6. The molecule has 0 aliphatic carbocycles. The number of aromatic nitrogens is 2. The van der Waals surface area contributed by atoms with Crippen LogP contribution in [-0.4, -0.2) is 29.3 Å². The van der Waals surface area contributed by atoms with Gasteiger partial charge in [0.1, 0.15) is 5.15 Å². The number of hydrogen-bond acceptors (Lipinski definition) is 4. The lowest BCUT2D eigenvalue weighted by Gasteiger charge is -2.22. The van der Waals surface area contributed by atoms with Crippen molar-refractivity contribution in [2.45, 2.75) is 32.0 Å². The molecule has 0 fully saturated rings. The van der Waals surface area contributed by atoms with Crippen LogP contribution in [0, 0.1) is 0 Å². The van der Waals surface area contributed by atoms with Gasteiger partial charge in [0.05, 0.1) is 12.2 Å². The molecule has 0 aliphatic rings. The Morgan fingerprint density at radius 3 is 2.42 bits per heavy atom. The maximum Gasteiger partial charge on any atom is 0.451 e. The number of ether oxygens (including phenoxy) is 2. The fraction of sp³-hybridized carbons (Fsp3) is 0.636. The third-order valence-corrected chi connectivity index (χ3v) is 2.63. The van der Waals surface area contributed by atoms with E-state index in [1.165, 1.54) is 0 Å². The van der Waals surface area contributed by atoms with E-state index in [2.05, 4.69) is 9.97 Å². The molecule has 8 heteroatoms. The molecular weight excluding hydrogens is 285 g/mol. The Bertz CT molecular complexity index is 438. The van der Waals surface area contributed by atoms with E-state index in [1.54, 1.807) is 7.11 Å². The summed E-state index contributed by atoms with van der Waals surface area (Å²) in [5.41, 5.74) is -0.427. The van der Waals surface area contributed by atoms with Gasteiger partial charge in [-0.1, -0.05) is 11.6 Å². The fourth-order valence-corrected chi connectivity index (χ4v) is 1.27. The van der Waals surface area contributed by atoms with Crippen LogP contribution in [0.3, 0.4) is 0 Å². The van der Waals surface area contributed by atoms with Gasteiger partial charge >= 0.3 is 6.18 Å². The van der Waals surface area contributed by atoms with E-state index in [-0.39, 0.29) is 17.6 Å². The molecular formula is C11H14ClF3N2O2. The first-order chi connectivity index (χ1) is 8.64. The highest BCUT2D eigenvalue weighted by atomic mass is 35.5. The van der Waals surface area contributed by atoms with Crippen LogP contribution in [0.5, 0.6) is 5.88 Å². The maximum atomic E-state index is 12.5. The van der Waals surface area contributed by atoms with Gasteiger partial charge in [-0.2, -0.15) is 18.2 Å². The predicted octanol–water partition coefficient (Wildman–Crippen LogP) is 3.34. The average molecular weight is 299 g/mol. The van der Waals surface area contributed by atoms with Gasteiger partial charge in [-0.3, -0.25) is 0 Å². The van der Waals surface area contributed by atoms with Crippen molar-refractivity contribution in [3.63, 3.8) is 0 Å². The number of nitrogens with zero attached hydrogens (tertiary/aromatic N) is 2. The lowest BCUT2D eigenvalue weighted by atomic mass is 10.1. The minimum atomic E-state index is -4.66. The number of hydrogen-bond donors (Lipinski definition) is 0. The van der Waals surface area contributed by atoms with E-state index in [0.717, 1.165) is 6.07 Å². The molecule has 0 atom stereocenters. The predicted molar refractivity (Wildman–Crippen MR) is 63.2 cm³/mol. The largest absolute Gasteiger partial charge is 0.477 e. The summed E-state index contributed by atoms with van der Waals surface area (Å²) in [5.74, 6) is -1.53. The molecule has 1 aromatic heterocycles. The highest BCUT2D eigenvalue weighted by molar-refractivity contribution is 6.29. The topological polar surface area (TPSA) is 44.2 Å². The Morgan fingerprint density at radius 2 is 1.89 bits per heavy atom. The minimum absolute atomic E-state index is 0.158. The van der Waals surface area contributed by atoms with Gasteiger partial charge < -0.3 is 9.47 Å². The van der Waals surface area contributed by atoms with Crippen LogP contribution in [0.15, 0.2) is 6.07 Å². The zero-order chi connectivity index (χ0) is 14.7. The summed E-state index contributed by atoms with van der Waals surface area (Å²) in [6.07, 6.45) is -4.17. The van der Waals surface area contributed by atoms with Crippen LogP contribution in [0.4, 0.5) is 13.2 Å². The number of rotatable bonds is 5. The van der Waals surface area contributed by atoms with Gasteiger partial charge in [-0.15, -0.1) is 0 Å². The number of alkyl halides is 3. The van der Waals surface area contributed by atoms with Crippen LogP contribution in [-0.2, 0) is 10.9 Å². The SMILES string of the molecule is COC(C)(C)CCOc1cc(Cl)nc(C(F)(F)F)n1. The van der Waals surface area contributed by atoms with Crippen LogP contribution >= 0.6 is 11.6 Å². The van der Waals surface area contributed by atoms with E-state index in [1.807, 2.05) is 13.8 Å². The maximum absolute atomic E-state index is 12.5. The van der Waals surface area contributed by atoms with Gasteiger partial charge in [0.2, 0.25) is 11.7 Å². The quantitative estimate of drug-likeness (QED) is 0.782. The second-order valence-electron chi connectivity index (χ2n) is 4.41. The zero-order valence-corrected chi connectivity index (χ0v) is 11.5. The molecule has 0 bridgehead atoms. The monoisotopic (exact) mass is 298 g/mol. The molecule has 0 amide bonds. The van der Waals surface area contributed by atoms with Gasteiger partial charge in [-0.05, 0) is 13.8 Å². The van der Waals surface area contributed by atoms with E-state index in [4.69, 9.17) is 21.1 Å². The first kappa shape index (κ1) is 16.0. The summed E-state index contributed by atoms with van der Waals surface area (Å²) in [5, 5.41) is -0.316. The van der Waals surface area contributed by atoms with Crippen molar-refractivity contribution in [2.24, 2.45) is 0 Å². The van der Waals surface area contributed by atoms with Crippen molar-refractivity contribution < 1.29 is 22.6 Å². The molecule has 1 heterocycles. The van der Waals surface area contributed by atoms with Crippen LogP contribution < -0.4 is 4.74 Å². The van der Waals surface area contributed by atoms with Crippen LogP contribution in [0.25, 0.3) is 0 Å². The second kappa shape index (κ2) is 5.92. The molecule has 0 saturated carbocycles. The summed E-state index contributed by atoms with van der Waals surface area (Å²) < 4.78 is 47.7. The summed E-state index contributed by atoms with van der Waals surface area (Å²) in [7, 11) is 1.54. The molecule has 0 saturated heterocycles. The minimum Gasteiger partial charge on any atom is -0.477 e. The molecule has 4 nitrogen and oxygen atoms in total.